The number of aromatic nitrogens is 1. The molecule has 25 heavy (non-hydrogen) atoms. The second-order valence-electron chi connectivity index (χ2n) is 6.46. The van der Waals surface area contributed by atoms with Gasteiger partial charge in [0.2, 0.25) is 5.91 Å². The van der Waals surface area contributed by atoms with E-state index in [9.17, 15) is 4.79 Å². The Morgan fingerprint density at radius 1 is 1.12 bits per heavy atom. The first-order chi connectivity index (χ1) is 12.2. The van der Waals surface area contributed by atoms with Crippen molar-refractivity contribution in [3.63, 3.8) is 0 Å². The van der Waals surface area contributed by atoms with Crippen LogP contribution in [0.2, 0.25) is 0 Å². The Bertz CT molecular complexity index is 689. The maximum atomic E-state index is 12.2. The van der Waals surface area contributed by atoms with Gasteiger partial charge in [0.25, 0.3) is 0 Å². The van der Waals surface area contributed by atoms with Gasteiger partial charge in [-0.2, -0.15) is 0 Å². The quantitative estimate of drug-likeness (QED) is 0.914. The monoisotopic (exact) mass is 338 g/mol. The number of fused-ring (bicyclic) bond motifs is 1. The van der Waals surface area contributed by atoms with Crippen molar-refractivity contribution in [2.24, 2.45) is 0 Å². The highest BCUT2D eigenvalue weighted by Crippen LogP contribution is 2.21. The van der Waals surface area contributed by atoms with Gasteiger partial charge in [0.05, 0.1) is 0 Å². The molecule has 0 spiro atoms. The van der Waals surface area contributed by atoms with Gasteiger partial charge < -0.3 is 10.2 Å². The van der Waals surface area contributed by atoms with Crippen LogP contribution in [-0.2, 0) is 17.9 Å². The number of amides is 1. The number of benzene rings is 1. The van der Waals surface area contributed by atoms with E-state index in [2.05, 4.69) is 33.4 Å². The SMILES string of the molecule is CC(=O)N1CCCN(Cc2ccncc2)CCNCc2ccccc21. The summed E-state index contributed by atoms with van der Waals surface area (Å²) in [6.07, 6.45) is 4.64. The third kappa shape index (κ3) is 4.87. The average Bonchev–Trinajstić information content (AvgIpc) is 2.66. The van der Waals surface area contributed by atoms with Gasteiger partial charge >= 0.3 is 0 Å². The fourth-order valence-corrected chi connectivity index (χ4v) is 3.30. The molecule has 0 unspecified atom stereocenters. The lowest BCUT2D eigenvalue weighted by molar-refractivity contribution is -0.116. The van der Waals surface area contributed by atoms with Gasteiger partial charge in [0.15, 0.2) is 0 Å². The van der Waals surface area contributed by atoms with E-state index in [1.54, 1.807) is 6.92 Å². The van der Waals surface area contributed by atoms with Crippen LogP contribution in [0, 0.1) is 0 Å². The zero-order chi connectivity index (χ0) is 17.5. The maximum Gasteiger partial charge on any atom is 0.223 e. The van der Waals surface area contributed by atoms with Crippen molar-refractivity contribution in [3.8, 4) is 0 Å². The van der Waals surface area contributed by atoms with Crippen molar-refractivity contribution in [2.45, 2.75) is 26.4 Å². The Balaban J connectivity index is 1.72. The number of para-hydroxylation sites is 1. The summed E-state index contributed by atoms with van der Waals surface area (Å²) in [5, 5.41) is 3.52. The van der Waals surface area contributed by atoms with Crippen LogP contribution in [0.1, 0.15) is 24.5 Å². The topological polar surface area (TPSA) is 48.5 Å². The minimum Gasteiger partial charge on any atom is -0.312 e. The standard InChI is InChI=1S/C20H26N4O/c1-17(25)24-13-4-12-23(16-18-7-9-21-10-8-18)14-11-22-15-19-5-2-3-6-20(19)24/h2-3,5-10,22H,4,11-16H2,1H3. The molecule has 5 nitrogen and oxygen atoms in total. The molecule has 1 aliphatic heterocycles. The number of rotatable bonds is 2. The molecular formula is C20H26N4O. The van der Waals surface area contributed by atoms with Gasteiger partial charge in [-0.1, -0.05) is 18.2 Å². The summed E-state index contributed by atoms with van der Waals surface area (Å²) in [5.41, 5.74) is 3.49. The molecule has 2 heterocycles. The van der Waals surface area contributed by atoms with Crippen molar-refractivity contribution in [1.82, 2.24) is 15.2 Å². The first-order valence-electron chi connectivity index (χ1n) is 8.92. The van der Waals surface area contributed by atoms with Crippen molar-refractivity contribution in [1.29, 1.82) is 0 Å². The molecule has 0 atom stereocenters. The van der Waals surface area contributed by atoms with Crippen LogP contribution in [0.15, 0.2) is 48.8 Å². The van der Waals surface area contributed by atoms with E-state index in [1.807, 2.05) is 35.5 Å². The molecule has 1 aromatic carbocycles. The number of hydrogen-bond acceptors (Lipinski definition) is 4. The fraction of sp³-hybridized carbons (Fsp3) is 0.400. The minimum absolute atomic E-state index is 0.104. The predicted octanol–water partition coefficient (Wildman–Crippen LogP) is 2.43. The van der Waals surface area contributed by atoms with Gasteiger partial charge in [-0.25, -0.2) is 0 Å². The average molecular weight is 338 g/mol. The molecule has 0 radical (unpaired) electrons. The number of pyridine rings is 1. The van der Waals surface area contributed by atoms with E-state index >= 15 is 0 Å². The van der Waals surface area contributed by atoms with Crippen LogP contribution < -0.4 is 10.2 Å². The van der Waals surface area contributed by atoms with E-state index in [1.165, 1.54) is 11.1 Å². The summed E-state index contributed by atoms with van der Waals surface area (Å²) in [7, 11) is 0. The second kappa shape index (κ2) is 8.74. The van der Waals surface area contributed by atoms with Gasteiger partial charge in [0, 0.05) is 64.3 Å². The van der Waals surface area contributed by atoms with E-state index in [0.717, 1.165) is 51.4 Å². The molecule has 0 saturated carbocycles. The van der Waals surface area contributed by atoms with Crippen LogP contribution in [0.4, 0.5) is 5.69 Å². The van der Waals surface area contributed by atoms with Gasteiger partial charge in [-0.3, -0.25) is 14.7 Å². The van der Waals surface area contributed by atoms with Crippen molar-refractivity contribution < 1.29 is 4.79 Å². The van der Waals surface area contributed by atoms with Crippen LogP contribution in [-0.4, -0.2) is 42.0 Å². The normalized spacial score (nSPS) is 16.8. The number of nitrogens with one attached hydrogen (secondary N) is 1. The summed E-state index contributed by atoms with van der Waals surface area (Å²) in [5.74, 6) is 0.104. The molecule has 0 fully saturated rings. The lowest BCUT2D eigenvalue weighted by Gasteiger charge is -2.25. The number of carbonyl (C=O) groups excluding carboxylic acids is 1. The predicted molar refractivity (Wildman–Crippen MR) is 100 cm³/mol. The Hall–Kier alpha value is -2.24. The zero-order valence-electron chi connectivity index (χ0n) is 14.8. The number of hydrogen-bond donors (Lipinski definition) is 1. The van der Waals surface area contributed by atoms with E-state index in [-0.39, 0.29) is 5.91 Å². The number of carbonyl (C=O) groups is 1. The molecule has 3 rings (SSSR count). The van der Waals surface area contributed by atoms with Crippen molar-refractivity contribution >= 4 is 11.6 Å². The molecule has 1 aromatic heterocycles. The Labute approximate surface area is 149 Å². The molecule has 2 aromatic rings. The molecule has 0 aliphatic carbocycles. The molecule has 132 valence electrons. The highest BCUT2D eigenvalue weighted by Gasteiger charge is 2.16. The summed E-state index contributed by atoms with van der Waals surface area (Å²) in [4.78, 5) is 20.6. The smallest absolute Gasteiger partial charge is 0.223 e. The molecule has 0 bridgehead atoms. The van der Waals surface area contributed by atoms with E-state index < -0.39 is 0 Å². The van der Waals surface area contributed by atoms with Crippen LogP contribution in [0.25, 0.3) is 0 Å². The molecular weight excluding hydrogens is 312 g/mol. The highest BCUT2D eigenvalue weighted by molar-refractivity contribution is 5.92. The minimum atomic E-state index is 0.104. The number of nitrogens with zero attached hydrogens (tertiary/aromatic N) is 3. The third-order valence-electron chi connectivity index (χ3n) is 4.59. The summed E-state index contributed by atoms with van der Waals surface area (Å²) in [6.45, 7) is 6.98. The first-order valence-corrected chi connectivity index (χ1v) is 8.92. The van der Waals surface area contributed by atoms with Gasteiger partial charge in [0.1, 0.15) is 0 Å². The van der Waals surface area contributed by atoms with Crippen LogP contribution >= 0.6 is 0 Å². The summed E-state index contributed by atoms with van der Waals surface area (Å²) in [6, 6.07) is 12.3. The van der Waals surface area contributed by atoms with Crippen molar-refractivity contribution in [2.75, 3.05) is 31.1 Å². The molecule has 1 amide bonds. The largest absolute Gasteiger partial charge is 0.312 e. The third-order valence-corrected chi connectivity index (χ3v) is 4.59. The number of anilines is 1. The molecule has 1 N–H and O–H groups in total. The van der Waals surface area contributed by atoms with Crippen LogP contribution in [0.3, 0.4) is 0 Å². The Morgan fingerprint density at radius 3 is 2.72 bits per heavy atom. The zero-order valence-corrected chi connectivity index (χ0v) is 14.8. The second-order valence-corrected chi connectivity index (χ2v) is 6.46. The molecule has 0 saturated heterocycles. The summed E-state index contributed by atoms with van der Waals surface area (Å²) >= 11 is 0. The Kier molecular flexibility index (Phi) is 6.14. The summed E-state index contributed by atoms with van der Waals surface area (Å²) < 4.78 is 0. The maximum absolute atomic E-state index is 12.2. The Morgan fingerprint density at radius 2 is 1.92 bits per heavy atom. The van der Waals surface area contributed by atoms with E-state index in [4.69, 9.17) is 0 Å². The highest BCUT2D eigenvalue weighted by atomic mass is 16.2. The van der Waals surface area contributed by atoms with Gasteiger partial charge in [-0.05, 0) is 35.7 Å². The lowest BCUT2D eigenvalue weighted by Crippen LogP contribution is -2.34. The first kappa shape index (κ1) is 17.6. The fourth-order valence-electron chi connectivity index (χ4n) is 3.30. The van der Waals surface area contributed by atoms with Crippen molar-refractivity contribution in [3.05, 3.63) is 59.9 Å². The van der Waals surface area contributed by atoms with E-state index in [0.29, 0.717) is 0 Å². The lowest BCUT2D eigenvalue weighted by atomic mass is 10.1. The molecule has 5 heteroatoms. The molecule has 1 aliphatic rings. The van der Waals surface area contributed by atoms with Crippen LogP contribution in [0.5, 0.6) is 0 Å². The van der Waals surface area contributed by atoms with Gasteiger partial charge in [-0.15, -0.1) is 0 Å².